The van der Waals surface area contributed by atoms with Gasteiger partial charge in [0.15, 0.2) is 0 Å². The number of nitrogens with zero attached hydrogens (tertiary/aromatic N) is 2. The van der Waals surface area contributed by atoms with E-state index in [0.717, 1.165) is 18.5 Å². The van der Waals surface area contributed by atoms with Gasteiger partial charge >= 0.3 is 0 Å². The molecule has 0 bridgehead atoms. The van der Waals surface area contributed by atoms with E-state index in [1.54, 1.807) is 6.07 Å². The van der Waals surface area contributed by atoms with E-state index in [1.807, 2.05) is 6.07 Å². The van der Waals surface area contributed by atoms with E-state index in [4.69, 9.17) is 5.26 Å². The van der Waals surface area contributed by atoms with E-state index in [9.17, 15) is 10.1 Å². The standard InChI is InChI=1S/C14H17N3O2/c15-10-11-7-8-13(9-14(11)17(18)19)16-12-5-3-1-2-4-6-12/h7-9,12,16H,1-6H2. The zero-order chi connectivity index (χ0) is 13.7. The highest BCUT2D eigenvalue weighted by Crippen LogP contribution is 2.25. The molecule has 1 aliphatic carbocycles. The molecule has 1 aromatic rings. The average Bonchev–Trinajstić information content (AvgIpc) is 2.67. The van der Waals surface area contributed by atoms with Crippen LogP contribution in [0.3, 0.4) is 0 Å². The van der Waals surface area contributed by atoms with Crippen molar-refractivity contribution in [3.05, 3.63) is 33.9 Å². The third kappa shape index (κ3) is 3.44. The molecule has 19 heavy (non-hydrogen) atoms. The smallest absolute Gasteiger partial charge is 0.289 e. The molecule has 0 radical (unpaired) electrons. The fraction of sp³-hybridized carbons (Fsp3) is 0.500. The van der Waals surface area contributed by atoms with Gasteiger partial charge in [-0.05, 0) is 25.0 Å². The summed E-state index contributed by atoms with van der Waals surface area (Å²) >= 11 is 0. The fourth-order valence-electron chi connectivity index (χ4n) is 2.53. The summed E-state index contributed by atoms with van der Waals surface area (Å²) in [5.41, 5.74) is 0.718. The minimum absolute atomic E-state index is 0.108. The molecule has 1 N–H and O–H groups in total. The number of nitro groups is 1. The van der Waals surface area contributed by atoms with Crippen LogP contribution in [0.25, 0.3) is 0 Å². The van der Waals surface area contributed by atoms with Crippen molar-refractivity contribution in [2.24, 2.45) is 0 Å². The van der Waals surface area contributed by atoms with E-state index in [2.05, 4.69) is 5.32 Å². The number of nitrogens with one attached hydrogen (secondary N) is 1. The van der Waals surface area contributed by atoms with Gasteiger partial charge < -0.3 is 5.32 Å². The van der Waals surface area contributed by atoms with Crippen LogP contribution in [0, 0.1) is 21.4 Å². The molecule has 0 unspecified atom stereocenters. The lowest BCUT2D eigenvalue weighted by atomic mass is 10.1. The van der Waals surface area contributed by atoms with Gasteiger partial charge in [-0.1, -0.05) is 25.7 Å². The highest BCUT2D eigenvalue weighted by molar-refractivity contribution is 5.59. The van der Waals surface area contributed by atoms with Gasteiger partial charge in [0.25, 0.3) is 5.69 Å². The number of anilines is 1. The van der Waals surface area contributed by atoms with E-state index in [1.165, 1.54) is 37.8 Å². The topological polar surface area (TPSA) is 79.0 Å². The number of hydrogen-bond donors (Lipinski definition) is 1. The summed E-state index contributed by atoms with van der Waals surface area (Å²) in [6.45, 7) is 0. The van der Waals surface area contributed by atoms with E-state index in [-0.39, 0.29) is 11.3 Å². The van der Waals surface area contributed by atoms with E-state index < -0.39 is 4.92 Å². The fourth-order valence-corrected chi connectivity index (χ4v) is 2.53. The molecular weight excluding hydrogens is 242 g/mol. The zero-order valence-corrected chi connectivity index (χ0v) is 10.8. The van der Waals surface area contributed by atoms with Gasteiger partial charge in [0.2, 0.25) is 0 Å². The Morgan fingerprint density at radius 2 is 1.95 bits per heavy atom. The van der Waals surface area contributed by atoms with Crippen molar-refractivity contribution in [1.29, 1.82) is 5.26 Å². The normalized spacial score (nSPS) is 16.4. The first kappa shape index (κ1) is 13.3. The Labute approximate surface area is 112 Å². The van der Waals surface area contributed by atoms with E-state index >= 15 is 0 Å². The van der Waals surface area contributed by atoms with Crippen LogP contribution in [0.15, 0.2) is 18.2 Å². The quantitative estimate of drug-likeness (QED) is 0.511. The molecular formula is C14H17N3O2. The SMILES string of the molecule is N#Cc1ccc(NC2CCCCCC2)cc1[N+](=O)[O-]. The first-order valence-corrected chi connectivity index (χ1v) is 6.66. The van der Waals surface area contributed by atoms with Gasteiger partial charge in [0, 0.05) is 17.8 Å². The monoisotopic (exact) mass is 259 g/mol. The molecule has 100 valence electrons. The van der Waals surface area contributed by atoms with Crippen LogP contribution in [0.5, 0.6) is 0 Å². The summed E-state index contributed by atoms with van der Waals surface area (Å²) in [5, 5.41) is 23.1. The molecule has 0 aromatic heterocycles. The van der Waals surface area contributed by atoms with Crippen LogP contribution < -0.4 is 5.32 Å². The van der Waals surface area contributed by atoms with Crippen molar-refractivity contribution in [3.8, 4) is 6.07 Å². The summed E-state index contributed by atoms with van der Waals surface area (Å²) in [5.74, 6) is 0. The van der Waals surface area contributed by atoms with Crippen LogP contribution in [-0.4, -0.2) is 11.0 Å². The molecule has 0 aliphatic heterocycles. The van der Waals surface area contributed by atoms with Crippen LogP contribution in [0.1, 0.15) is 44.1 Å². The van der Waals surface area contributed by atoms with Crippen molar-refractivity contribution in [1.82, 2.24) is 0 Å². The summed E-state index contributed by atoms with van der Waals surface area (Å²) in [6.07, 6.45) is 7.16. The number of rotatable bonds is 3. The average molecular weight is 259 g/mol. The predicted octanol–water partition coefficient (Wildman–Crippen LogP) is 3.60. The zero-order valence-electron chi connectivity index (χ0n) is 10.8. The Balaban J connectivity index is 2.14. The molecule has 0 atom stereocenters. The Morgan fingerprint density at radius 3 is 2.53 bits per heavy atom. The molecule has 1 aliphatic rings. The van der Waals surface area contributed by atoms with Crippen LogP contribution >= 0.6 is 0 Å². The van der Waals surface area contributed by atoms with Gasteiger partial charge in [-0.2, -0.15) is 5.26 Å². The van der Waals surface area contributed by atoms with Gasteiger partial charge in [0.1, 0.15) is 11.6 Å². The summed E-state index contributed by atoms with van der Waals surface area (Å²) in [6, 6.07) is 6.95. The summed E-state index contributed by atoms with van der Waals surface area (Å²) in [4.78, 5) is 10.4. The summed E-state index contributed by atoms with van der Waals surface area (Å²) in [7, 11) is 0. The highest BCUT2D eigenvalue weighted by atomic mass is 16.6. The van der Waals surface area contributed by atoms with Gasteiger partial charge in [-0.15, -0.1) is 0 Å². The number of hydrogen-bond acceptors (Lipinski definition) is 4. The molecule has 5 heteroatoms. The lowest BCUT2D eigenvalue weighted by Crippen LogP contribution is -2.18. The molecule has 0 heterocycles. The molecule has 0 saturated heterocycles. The van der Waals surface area contributed by atoms with Crippen molar-refractivity contribution < 1.29 is 4.92 Å². The second-order valence-electron chi connectivity index (χ2n) is 4.93. The molecule has 5 nitrogen and oxygen atoms in total. The maximum atomic E-state index is 10.9. The highest BCUT2D eigenvalue weighted by Gasteiger charge is 2.16. The summed E-state index contributed by atoms with van der Waals surface area (Å²) < 4.78 is 0. The Kier molecular flexibility index (Phi) is 4.35. The number of nitro benzene ring substituents is 1. The number of benzene rings is 1. The molecule has 1 saturated carbocycles. The Morgan fingerprint density at radius 1 is 1.26 bits per heavy atom. The third-order valence-electron chi connectivity index (χ3n) is 3.54. The van der Waals surface area contributed by atoms with Crippen LogP contribution in [0.2, 0.25) is 0 Å². The predicted molar refractivity (Wildman–Crippen MR) is 72.9 cm³/mol. The second kappa shape index (κ2) is 6.19. The minimum atomic E-state index is -0.503. The molecule has 0 spiro atoms. The van der Waals surface area contributed by atoms with Crippen LogP contribution in [0.4, 0.5) is 11.4 Å². The Hall–Kier alpha value is -2.09. The number of nitriles is 1. The van der Waals surface area contributed by atoms with Gasteiger partial charge in [-0.25, -0.2) is 0 Å². The maximum Gasteiger partial charge on any atom is 0.289 e. The molecule has 2 rings (SSSR count). The molecule has 0 amide bonds. The van der Waals surface area contributed by atoms with Crippen molar-refractivity contribution >= 4 is 11.4 Å². The largest absolute Gasteiger partial charge is 0.382 e. The van der Waals surface area contributed by atoms with E-state index in [0.29, 0.717) is 6.04 Å². The second-order valence-corrected chi connectivity index (χ2v) is 4.93. The molecule has 1 fully saturated rings. The van der Waals surface area contributed by atoms with Crippen LogP contribution in [-0.2, 0) is 0 Å². The minimum Gasteiger partial charge on any atom is -0.382 e. The van der Waals surface area contributed by atoms with Gasteiger partial charge in [0.05, 0.1) is 4.92 Å². The maximum absolute atomic E-state index is 10.9. The van der Waals surface area contributed by atoms with Crippen molar-refractivity contribution in [2.75, 3.05) is 5.32 Å². The lowest BCUT2D eigenvalue weighted by molar-refractivity contribution is -0.385. The van der Waals surface area contributed by atoms with Crippen molar-refractivity contribution in [3.63, 3.8) is 0 Å². The first-order valence-electron chi connectivity index (χ1n) is 6.66. The first-order chi connectivity index (χ1) is 9.20. The third-order valence-corrected chi connectivity index (χ3v) is 3.54. The lowest BCUT2D eigenvalue weighted by Gasteiger charge is -2.17. The van der Waals surface area contributed by atoms with Crippen molar-refractivity contribution in [2.45, 2.75) is 44.6 Å². The van der Waals surface area contributed by atoms with Gasteiger partial charge in [-0.3, -0.25) is 10.1 Å². The molecule has 1 aromatic carbocycles. The Bertz CT molecular complexity index is 500.